The van der Waals surface area contributed by atoms with Crippen molar-refractivity contribution in [1.29, 1.82) is 0 Å². The van der Waals surface area contributed by atoms with Crippen LogP contribution in [0.3, 0.4) is 0 Å². The minimum Gasteiger partial charge on any atom is -0.392 e. The monoisotopic (exact) mass is 303 g/mol. The molecule has 19 heavy (non-hydrogen) atoms. The molecule has 0 bridgehead atoms. The van der Waals surface area contributed by atoms with Crippen molar-refractivity contribution in [2.45, 2.75) is 55.9 Å². The molecule has 4 nitrogen and oxygen atoms in total. The van der Waals surface area contributed by atoms with Gasteiger partial charge in [-0.05, 0) is 42.2 Å². The molecule has 2 rings (SSSR count). The van der Waals surface area contributed by atoms with Gasteiger partial charge in [0.15, 0.2) is 0 Å². The lowest BCUT2D eigenvalue weighted by Gasteiger charge is -2.15. The fourth-order valence-electron chi connectivity index (χ4n) is 2.46. The van der Waals surface area contributed by atoms with E-state index in [2.05, 4.69) is 11.6 Å². The number of sulfonamides is 1. The Morgan fingerprint density at radius 1 is 1.37 bits per heavy atom. The predicted molar refractivity (Wildman–Crippen MR) is 76.6 cm³/mol. The normalized spacial score (nSPS) is 25.2. The molecule has 0 amide bonds. The van der Waals surface area contributed by atoms with Gasteiger partial charge in [0.2, 0.25) is 10.0 Å². The highest BCUT2D eigenvalue weighted by Crippen LogP contribution is 2.25. The van der Waals surface area contributed by atoms with Crippen molar-refractivity contribution in [3.63, 3.8) is 0 Å². The Labute approximate surface area is 118 Å². The second kappa shape index (κ2) is 6.35. The maximum absolute atomic E-state index is 12.2. The fourth-order valence-corrected chi connectivity index (χ4v) is 4.98. The molecule has 6 heteroatoms. The molecule has 108 valence electrons. The average molecular weight is 303 g/mol. The number of thiophene rings is 1. The van der Waals surface area contributed by atoms with Crippen LogP contribution >= 0.6 is 11.3 Å². The summed E-state index contributed by atoms with van der Waals surface area (Å²) >= 11 is 1.16. The maximum Gasteiger partial charge on any atom is 0.250 e. The molecule has 1 aliphatic rings. The van der Waals surface area contributed by atoms with Gasteiger partial charge in [-0.15, -0.1) is 11.3 Å². The van der Waals surface area contributed by atoms with Gasteiger partial charge in [0.25, 0.3) is 0 Å². The van der Waals surface area contributed by atoms with Crippen LogP contribution in [-0.2, 0) is 16.6 Å². The van der Waals surface area contributed by atoms with E-state index in [1.807, 2.05) is 0 Å². The lowest BCUT2D eigenvalue weighted by atomic mass is 10.0. The van der Waals surface area contributed by atoms with Crippen molar-refractivity contribution in [2.24, 2.45) is 5.92 Å². The Hall–Kier alpha value is -0.430. The van der Waals surface area contributed by atoms with Crippen LogP contribution in [0.4, 0.5) is 0 Å². The molecule has 2 N–H and O–H groups in total. The number of hydrogen-bond donors (Lipinski definition) is 2. The van der Waals surface area contributed by atoms with Crippen LogP contribution in [0.1, 0.15) is 44.6 Å². The zero-order valence-electron chi connectivity index (χ0n) is 11.1. The van der Waals surface area contributed by atoms with Gasteiger partial charge in [0, 0.05) is 6.04 Å². The summed E-state index contributed by atoms with van der Waals surface area (Å²) in [6.45, 7) is 2.11. The minimum absolute atomic E-state index is 0.0506. The quantitative estimate of drug-likeness (QED) is 0.840. The lowest BCUT2D eigenvalue weighted by molar-refractivity contribution is 0.282. The first kappa shape index (κ1) is 15.0. The van der Waals surface area contributed by atoms with Crippen LogP contribution in [0.5, 0.6) is 0 Å². The van der Waals surface area contributed by atoms with Gasteiger partial charge in [-0.2, -0.15) is 0 Å². The number of hydrogen-bond acceptors (Lipinski definition) is 4. The summed E-state index contributed by atoms with van der Waals surface area (Å²) in [6, 6.07) is 1.60. The van der Waals surface area contributed by atoms with E-state index in [9.17, 15) is 8.42 Å². The highest BCUT2D eigenvalue weighted by Gasteiger charge is 2.23. The molecule has 0 radical (unpaired) electrons. The van der Waals surface area contributed by atoms with Crippen molar-refractivity contribution in [2.75, 3.05) is 0 Å². The van der Waals surface area contributed by atoms with Gasteiger partial charge in [-0.1, -0.05) is 19.8 Å². The van der Waals surface area contributed by atoms with Gasteiger partial charge >= 0.3 is 0 Å². The van der Waals surface area contributed by atoms with E-state index < -0.39 is 10.0 Å². The Bertz CT molecular complexity index is 510. The standard InChI is InChI=1S/C13H21NO3S2/c1-10-3-2-4-12(6-5-10)14-19(16,17)13-7-11(8-15)9-18-13/h7,9-10,12,14-15H,2-6,8H2,1H3. The maximum atomic E-state index is 12.2. The van der Waals surface area contributed by atoms with E-state index in [0.717, 1.165) is 37.0 Å². The van der Waals surface area contributed by atoms with Crippen LogP contribution in [0, 0.1) is 5.92 Å². The molecule has 0 saturated heterocycles. The third-order valence-electron chi connectivity index (χ3n) is 3.66. The van der Waals surface area contributed by atoms with E-state index in [4.69, 9.17) is 5.11 Å². The number of aliphatic hydroxyl groups is 1. The third kappa shape index (κ3) is 4.02. The molecule has 1 heterocycles. The zero-order valence-corrected chi connectivity index (χ0v) is 12.8. The Kier molecular flexibility index (Phi) is 5.00. The van der Waals surface area contributed by atoms with Crippen molar-refractivity contribution < 1.29 is 13.5 Å². The van der Waals surface area contributed by atoms with Crippen LogP contribution in [0.2, 0.25) is 0 Å². The molecular weight excluding hydrogens is 282 g/mol. The first-order valence-electron chi connectivity index (χ1n) is 6.72. The summed E-state index contributed by atoms with van der Waals surface area (Å²) in [5.41, 5.74) is 0.653. The van der Waals surface area contributed by atoms with E-state index in [0.29, 0.717) is 15.7 Å². The SMILES string of the molecule is CC1CCCC(NS(=O)(=O)c2cc(CO)cs2)CC1. The van der Waals surface area contributed by atoms with Crippen molar-refractivity contribution in [3.05, 3.63) is 17.0 Å². The average Bonchev–Trinajstić information content (AvgIpc) is 2.77. The molecule has 0 aliphatic heterocycles. The summed E-state index contributed by atoms with van der Waals surface area (Å²) < 4.78 is 27.6. The van der Waals surface area contributed by atoms with Crippen LogP contribution < -0.4 is 4.72 Å². The van der Waals surface area contributed by atoms with Gasteiger partial charge in [-0.25, -0.2) is 13.1 Å². The molecular formula is C13H21NO3S2. The summed E-state index contributed by atoms with van der Waals surface area (Å²) in [5, 5.41) is 10.7. The topological polar surface area (TPSA) is 66.4 Å². The largest absolute Gasteiger partial charge is 0.392 e. The van der Waals surface area contributed by atoms with E-state index in [1.54, 1.807) is 11.4 Å². The lowest BCUT2D eigenvalue weighted by Crippen LogP contribution is -2.34. The van der Waals surface area contributed by atoms with Gasteiger partial charge in [-0.3, -0.25) is 0 Å². The smallest absolute Gasteiger partial charge is 0.250 e. The molecule has 1 saturated carbocycles. The summed E-state index contributed by atoms with van der Waals surface area (Å²) in [7, 11) is -3.43. The van der Waals surface area contributed by atoms with Crippen LogP contribution in [0.25, 0.3) is 0 Å². The molecule has 1 fully saturated rings. The van der Waals surface area contributed by atoms with Crippen molar-refractivity contribution >= 4 is 21.4 Å². The highest BCUT2D eigenvalue weighted by molar-refractivity contribution is 7.91. The summed E-state index contributed by atoms with van der Waals surface area (Å²) in [6.07, 6.45) is 5.19. The van der Waals surface area contributed by atoms with Crippen molar-refractivity contribution in [3.8, 4) is 0 Å². The second-order valence-corrected chi connectivity index (χ2v) is 8.22. The first-order valence-corrected chi connectivity index (χ1v) is 9.08. The molecule has 0 spiro atoms. The van der Waals surface area contributed by atoms with E-state index in [1.165, 1.54) is 6.42 Å². The Morgan fingerprint density at radius 3 is 2.84 bits per heavy atom. The summed E-state index contributed by atoms with van der Waals surface area (Å²) in [5.74, 6) is 0.692. The Morgan fingerprint density at radius 2 is 2.16 bits per heavy atom. The van der Waals surface area contributed by atoms with Crippen molar-refractivity contribution in [1.82, 2.24) is 4.72 Å². The van der Waals surface area contributed by atoms with Gasteiger partial charge in [0.05, 0.1) is 6.61 Å². The first-order chi connectivity index (χ1) is 9.01. The zero-order chi connectivity index (χ0) is 13.9. The molecule has 1 aromatic rings. The molecule has 2 unspecified atom stereocenters. The van der Waals surface area contributed by atoms with E-state index in [-0.39, 0.29) is 12.6 Å². The number of aliphatic hydroxyl groups excluding tert-OH is 1. The third-order valence-corrected chi connectivity index (χ3v) is 6.67. The van der Waals surface area contributed by atoms with Crippen LogP contribution in [-0.4, -0.2) is 19.6 Å². The molecule has 1 aromatic heterocycles. The van der Waals surface area contributed by atoms with Gasteiger partial charge < -0.3 is 5.11 Å². The molecule has 1 aliphatic carbocycles. The predicted octanol–water partition coefficient (Wildman–Crippen LogP) is 2.49. The molecule has 2 atom stereocenters. The molecule has 0 aromatic carbocycles. The number of nitrogens with one attached hydrogen (secondary N) is 1. The second-order valence-electron chi connectivity index (χ2n) is 5.36. The fraction of sp³-hybridized carbons (Fsp3) is 0.692. The summed E-state index contributed by atoms with van der Waals surface area (Å²) in [4.78, 5) is 0. The van der Waals surface area contributed by atoms with E-state index >= 15 is 0 Å². The van der Waals surface area contributed by atoms with Gasteiger partial charge in [0.1, 0.15) is 4.21 Å². The van der Waals surface area contributed by atoms with Crippen LogP contribution in [0.15, 0.2) is 15.7 Å². The number of rotatable bonds is 4. The minimum atomic E-state index is -3.43. The Balaban J connectivity index is 2.04. The highest BCUT2D eigenvalue weighted by atomic mass is 32.2.